The van der Waals surface area contributed by atoms with Crippen LogP contribution in [0.1, 0.15) is 44.4 Å². The highest BCUT2D eigenvalue weighted by molar-refractivity contribution is 5.86. The third kappa shape index (κ3) is 10.8. The number of nitrogens with one attached hydrogen (secondary N) is 3. The highest BCUT2D eigenvalue weighted by atomic mass is 16.5. The lowest BCUT2D eigenvalue weighted by molar-refractivity contribution is -0.126. The summed E-state index contributed by atoms with van der Waals surface area (Å²) in [5.41, 5.74) is 8.76. The van der Waals surface area contributed by atoms with Gasteiger partial charge in [-0.1, -0.05) is 119 Å². The van der Waals surface area contributed by atoms with E-state index in [0.29, 0.717) is 6.42 Å². The summed E-state index contributed by atoms with van der Waals surface area (Å²) in [6, 6.07) is 25.0. The van der Waals surface area contributed by atoms with Gasteiger partial charge in [-0.05, 0) is 41.4 Å². The van der Waals surface area contributed by atoms with Gasteiger partial charge in [0.25, 0.3) is 0 Å². The SMILES string of the molecule is CC(C)[C@H](N)C(=O)N[C@@H](Cc1ccccc1)C(O)[C@H](Cc1ccccc1)NC(=O)[C@@H](NC(=O)OCc1ccccc1)C(C)C. The molecule has 0 saturated heterocycles. The summed E-state index contributed by atoms with van der Waals surface area (Å²) in [6.45, 7) is 7.41. The van der Waals surface area contributed by atoms with Gasteiger partial charge in [0.1, 0.15) is 12.6 Å². The Morgan fingerprint density at radius 2 is 1.09 bits per heavy atom. The molecule has 0 fully saturated rings. The number of rotatable bonds is 15. The molecule has 1 unspecified atom stereocenters. The standard InChI is InChI=1S/C35H46N4O5/c1-23(2)30(36)33(41)37-28(20-25-14-8-5-9-15-25)32(40)29(21-26-16-10-6-11-17-26)38-34(42)31(24(3)4)39-35(43)44-22-27-18-12-7-13-19-27/h5-19,23-24,28-32,40H,20-22,36H2,1-4H3,(H,37,41)(H,38,42)(H,39,43)/t28-,29-,30-,31-,32?/m0/s1. The number of aliphatic hydroxyl groups excluding tert-OH is 1. The van der Waals surface area contributed by atoms with Crippen molar-refractivity contribution in [1.82, 2.24) is 16.0 Å². The van der Waals surface area contributed by atoms with E-state index in [1.165, 1.54) is 0 Å². The average Bonchev–Trinajstić information content (AvgIpc) is 3.02. The molecule has 0 aliphatic heterocycles. The van der Waals surface area contributed by atoms with E-state index in [2.05, 4.69) is 16.0 Å². The Hall–Kier alpha value is -4.21. The summed E-state index contributed by atoms with van der Waals surface area (Å²) < 4.78 is 5.36. The lowest BCUT2D eigenvalue weighted by Gasteiger charge is -2.34. The third-order valence-electron chi connectivity index (χ3n) is 7.53. The minimum Gasteiger partial charge on any atom is -0.445 e. The van der Waals surface area contributed by atoms with Crippen molar-refractivity contribution in [3.05, 3.63) is 108 Å². The molecule has 3 amide bonds. The largest absolute Gasteiger partial charge is 0.445 e. The summed E-state index contributed by atoms with van der Waals surface area (Å²) in [5.74, 6) is -1.24. The molecule has 9 heteroatoms. The quantitative estimate of drug-likeness (QED) is 0.179. The maximum absolute atomic E-state index is 13.7. The summed E-state index contributed by atoms with van der Waals surface area (Å²) in [5, 5.41) is 20.4. The van der Waals surface area contributed by atoms with Crippen molar-refractivity contribution in [2.75, 3.05) is 0 Å². The topological polar surface area (TPSA) is 143 Å². The number of alkyl carbamates (subject to hydrolysis) is 1. The van der Waals surface area contributed by atoms with E-state index < -0.39 is 42.3 Å². The number of nitrogens with two attached hydrogens (primary N) is 1. The molecule has 3 aromatic carbocycles. The molecule has 0 aliphatic rings. The Morgan fingerprint density at radius 1 is 0.659 bits per heavy atom. The van der Waals surface area contributed by atoms with E-state index in [1.54, 1.807) is 0 Å². The zero-order valence-corrected chi connectivity index (χ0v) is 26.0. The first-order chi connectivity index (χ1) is 21.0. The number of ether oxygens (including phenoxy) is 1. The van der Waals surface area contributed by atoms with Gasteiger partial charge in [0.2, 0.25) is 11.8 Å². The van der Waals surface area contributed by atoms with Crippen LogP contribution in [0, 0.1) is 11.8 Å². The molecule has 0 bridgehead atoms. The van der Waals surface area contributed by atoms with Gasteiger partial charge in [-0.15, -0.1) is 0 Å². The Morgan fingerprint density at radius 3 is 1.52 bits per heavy atom. The fraction of sp³-hybridized carbons (Fsp3) is 0.400. The molecule has 0 heterocycles. The Balaban J connectivity index is 1.83. The normalized spacial score (nSPS) is 14.6. The van der Waals surface area contributed by atoms with E-state index in [9.17, 15) is 19.5 Å². The third-order valence-corrected chi connectivity index (χ3v) is 7.53. The van der Waals surface area contributed by atoms with Crippen molar-refractivity contribution in [2.45, 2.75) is 77.4 Å². The number of hydrogen-bond acceptors (Lipinski definition) is 6. The molecule has 0 saturated carbocycles. The van der Waals surface area contributed by atoms with E-state index in [1.807, 2.05) is 119 Å². The number of carbonyl (C=O) groups is 3. The summed E-state index contributed by atoms with van der Waals surface area (Å²) in [7, 11) is 0. The molecule has 0 radical (unpaired) electrons. The first-order valence-corrected chi connectivity index (χ1v) is 15.1. The van der Waals surface area contributed by atoms with E-state index in [4.69, 9.17) is 10.5 Å². The summed E-state index contributed by atoms with van der Waals surface area (Å²) in [6.07, 6.45) is -1.31. The fourth-order valence-corrected chi connectivity index (χ4v) is 4.81. The second-order valence-electron chi connectivity index (χ2n) is 11.8. The van der Waals surface area contributed by atoms with Crippen molar-refractivity contribution in [3.8, 4) is 0 Å². The van der Waals surface area contributed by atoms with Gasteiger partial charge in [-0.3, -0.25) is 9.59 Å². The van der Waals surface area contributed by atoms with Crippen molar-refractivity contribution >= 4 is 17.9 Å². The number of aliphatic hydroxyl groups is 1. The minimum absolute atomic E-state index is 0.0633. The van der Waals surface area contributed by atoms with Gasteiger partial charge < -0.3 is 31.5 Å². The highest BCUT2D eigenvalue weighted by Crippen LogP contribution is 2.15. The van der Waals surface area contributed by atoms with Crippen LogP contribution in [0.25, 0.3) is 0 Å². The molecule has 44 heavy (non-hydrogen) atoms. The van der Waals surface area contributed by atoms with Gasteiger partial charge in [0.15, 0.2) is 0 Å². The van der Waals surface area contributed by atoms with Crippen molar-refractivity contribution < 1.29 is 24.2 Å². The van der Waals surface area contributed by atoms with Crippen LogP contribution in [-0.4, -0.2) is 53.3 Å². The molecule has 3 rings (SSSR count). The summed E-state index contributed by atoms with van der Waals surface area (Å²) >= 11 is 0. The molecular weight excluding hydrogens is 556 g/mol. The van der Waals surface area contributed by atoms with E-state index in [-0.39, 0.29) is 30.8 Å². The van der Waals surface area contributed by atoms with Crippen LogP contribution in [0.4, 0.5) is 4.79 Å². The van der Waals surface area contributed by atoms with Gasteiger partial charge in [-0.2, -0.15) is 0 Å². The predicted molar refractivity (Wildman–Crippen MR) is 171 cm³/mol. The predicted octanol–water partition coefficient (Wildman–Crippen LogP) is 3.74. The molecular formula is C35H46N4O5. The lowest BCUT2D eigenvalue weighted by Crippen LogP contribution is -2.60. The molecule has 0 aromatic heterocycles. The molecule has 236 valence electrons. The molecule has 0 spiro atoms. The van der Waals surface area contributed by atoms with Gasteiger partial charge in [0, 0.05) is 0 Å². The smallest absolute Gasteiger partial charge is 0.408 e. The zero-order valence-electron chi connectivity index (χ0n) is 26.0. The Labute approximate surface area is 260 Å². The lowest BCUT2D eigenvalue weighted by atomic mass is 9.91. The number of benzene rings is 3. The van der Waals surface area contributed by atoms with Crippen LogP contribution in [0.3, 0.4) is 0 Å². The van der Waals surface area contributed by atoms with Crippen LogP contribution < -0.4 is 21.7 Å². The number of hydrogen-bond donors (Lipinski definition) is 5. The first kappa shape index (κ1) is 34.3. The maximum atomic E-state index is 13.7. The zero-order chi connectivity index (χ0) is 32.1. The van der Waals surface area contributed by atoms with Crippen LogP contribution in [0.2, 0.25) is 0 Å². The van der Waals surface area contributed by atoms with Crippen molar-refractivity contribution in [2.24, 2.45) is 17.6 Å². The van der Waals surface area contributed by atoms with Gasteiger partial charge in [0.05, 0.1) is 24.2 Å². The number of carbonyl (C=O) groups excluding carboxylic acids is 3. The molecule has 9 nitrogen and oxygen atoms in total. The van der Waals surface area contributed by atoms with Crippen LogP contribution in [0.5, 0.6) is 0 Å². The molecule has 5 atom stereocenters. The molecule has 0 aliphatic carbocycles. The fourth-order valence-electron chi connectivity index (χ4n) is 4.81. The maximum Gasteiger partial charge on any atom is 0.408 e. The first-order valence-electron chi connectivity index (χ1n) is 15.1. The summed E-state index contributed by atoms with van der Waals surface area (Å²) in [4.78, 5) is 39.5. The second kappa shape index (κ2) is 17.2. The van der Waals surface area contributed by atoms with Crippen molar-refractivity contribution in [3.63, 3.8) is 0 Å². The Kier molecular flexibility index (Phi) is 13.4. The van der Waals surface area contributed by atoms with E-state index >= 15 is 0 Å². The minimum atomic E-state index is -1.19. The monoisotopic (exact) mass is 602 g/mol. The van der Waals surface area contributed by atoms with Crippen LogP contribution in [0.15, 0.2) is 91.0 Å². The Bertz CT molecular complexity index is 1300. The second-order valence-corrected chi connectivity index (χ2v) is 11.8. The highest BCUT2D eigenvalue weighted by Gasteiger charge is 2.34. The molecule has 3 aromatic rings. The van der Waals surface area contributed by atoms with E-state index in [0.717, 1.165) is 16.7 Å². The number of amides is 3. The van der Waals surface area contributed by atoms with Gasteiger partial charge >= 0.3 is 6.09 Å². The van der Waals surface area contributed by atoms with Crippen molar-refractivity contribution in [1.29, 1.82) is 0 Å². The van der Waals surface area contributed by atoms with Crippen LogP contribution in [-0.2, 0) is 33.8 Å². The van der Waals surface area contributed by atoms with Gasteiger partial charge in [-0.25, -0.2) is 4.79 Å². The molecule has 6 N–H and O–H groups in total. The average molecular weight is 603 g/mol. The van der Waals surface area contributed by atoms with Crippen LogP contribution >= 0.6 is 0 Å².